The summed E-state index contributed by atoms with van der Waals surface area (Å²) in [6.07, 6.45) is 0. The second-order valence-corrected chi connectivity index (χ2v) is 3.47. The second-order valence-electron chi connectivity index (χ2n) is 2.68. The molecule has 0 heterocycles. The number of nitrogen functional groups attached to an aromatic ring is 1. The minimum Gasteiger partial charge on any atom is -0.399 e. The van der Waals surface area contributed by atoms with Crippen LogP contribution in [0.3, 0.4) is 0 Å². The van der Waals surface area contributed by atoms with E-state index < -0.39 is 0 Å². The molecule has 0 aliphatic heterocycles. The van der Waals surface area contributed by atoms with Crippen LogP contribution >= 0.6 is 11.8 Å². The van der Waals surface area contributed by atoms with Gasteiger partial charge in [0.05, 0.1) is 0 Å². The van der Waals surface area contributed by atoms with Crippen molar-refractivity contribution in [2.24, 2.45) is 0 Å². The van der Waals surface area contributed by atoms with E-state index in [0.29, 0.717) is 0 Å². The summed E-state index contributed by atoms with van der Waals surface area (Å²) in [6.45, 7) is 3.92. The van der Waals surface area contributed by atoms with E-state index >= 15 is 0 Å². The van der Waals surface area contributed by atoms with Crippen molar-refractivity contribution < 1.29 is 0 Å². The quantitative estimate of drug-likeness (QED) is 0.408. The predicted molar refractivity (Wildman–Crippen MR) is 51.8 cm³/mol. The highest BCUT2D eigenvalue weighted by molar-refractivity contribution is 8.03. The highest BCUT2D eigenvalue weighted by Crippen LogP contribution is 2.27. The van der Waals surface area contributed by atoms with Crippen molar-refractivity contribution in [2.45, 2.75) is 18.7 Å². The van der Waals surface area contributed by atoms with Crippen molar-refractivity contribution >= 4 is 17.4 Å². The van der Waals surface area contributed by atoms with Gasteiger partial charge in [-0.25, -0.2) is 0 Å². The first-order valence-corrected chi connectivity index (χ1v) is 4.39. The third kappa shape index (κ3) is 1.72. The van der Waals surface area contributed by atoms with Gasteiger partial charge < -0.3 is 5.73 Å². The van der Waals surface area contributed by atoms with E-state index in [-0.39, 0.29) is 0 Å². The molecule has 0 aliphatic carbocycles. The number of nitriles is 1. The summed E-state index contributed by atoms with van der Waals surface area (Å²) < 4.78 is 0. The summed E-state index contributed by atoms with van der Waals surface area (Å²) in [5.74, 6) is 0. The molecule has 0 amide bonds. The average molecular weight is 178 g/mol. The molecule has 1 rings (SSSR count). The van der Waals surface area contributed by atoms with Crippen molar-refractivity contribution in [1.82, 2.24) is 0 Å². The molecule has 1 aromatic carbocycles. The summed E-state index contributed by atoms with van der Waals surface area (Å²) in [7, 11) is 0. The molecule has 3 heteroatoms. The number of anilines is 1. The van der Waals surface area contributed by atoms with Gasteiger partial charge in [-0.3, -0.25) is 0 Å². The Labute approximate surface area is 76.4 Å². The SMILES string of the molecule is Cc1cc(N)cc(C)c1SC#N. The van der Waals surface area contributed by atoms with Crippen LogP contribution in [0.1, 0.15) is 11.1 Å². The van der Waals surface area contributed by atoms with Crippen LogP contribution < -0.4 is 5.73 Å². The van der Waals surface area contributed by atoms with Gasteiger partial charge in [0.15, 0.2) is 0 Å². The van der Waals surface area contributed by atoms with Crippen molar-refractivity contribution in [1.29, 1.82) is 5.26 Å². The van der Waals surface area contributed by atoms with Crippen molar-refractivity contribution in [3.05, 3.63) is 23.3 Å². The summed E-state index contributed by atoms with van der Waals surface area (Å²) >= 11 is 1.19. The molecule has 0 radical (unpaired) electrons. The molecule has 0 saturated carbocycles. The molecule has 62 valence electrons. The molecule has 0 saturated heterocycles. The van der Waals surface area contributed by atoms with Crippen LogP contribution in [-0.2, 0) is 0 Å². The molecule has 0 aliphatic rings. The number of rotatable bonds is 1. The molecule has 0 fully saturated rings. The first kappa shape index (κ1) is 8.95. The molecule has 0 bridgehead atoms. The Bertz CT molecular complexity index is 316. The lowest BCUT2D eigenvalue weighted by molar-refractivity contribution is 1.23. The van der Waals surface area contributed by atoms with Gasteiger partial charge in [-0.15, -0.1) is 0 Å². The van der Waals surface area contributed by atoms with Crippen LogP contribution in [0.15, 0.2) is 17.0 Å². The number of aryl methyl sites for hydroxylation is 2. The molecule has 0 unspecified atom stereocenters. The molecular weight excluding hydrogens is 168 g/mol. The minimum atomic E-state index is 0.757. The van der Waals surface area contributed by atoms with Gasteiger partial charge in [0.2, 0.25) is 0 Å². The molecule has 2 nitrogen and oxygen atoms in total. The Morgan fingerprint density at radius 2 is 1.83 bits per heavy atom. The molecular formula is C9H10N2S. The van der Waals surface area contributed by atoms with Gasteiger partial charge in [0.1, 0.15) is 5.40 Å². The zero-order valence-electron chi connectivity index (χ0n) is 7.09. The van der Waals surface area contributed by atoms with E-state index in [0.717, 1.165) is 21.7 Å². The van der Waals surface area contributed by atoms with Gasteiger partial charge in [-0.1, -0.05) is 0 Å². The number of thiocyanates is 1. The molecule has 12 heavy (non-hydrogen) atoms. The third-order valence-electron chi connectivity index (χ3n) is 1.63. The lowest BCUT2D eigenvalue weighted by atomic mass is 10.1. The first-order chi connectivity index (χ1) is 5.65. The van der Waals surface area contributed by atoms with Gasteiger partial charge in [0.25, 0.3) is 0 Å². The third-order valence-corrected chi connectivity index (χ3v) is 2.57. The standard InChI is InChI=1S/C9H10N2S/c1-6-3-8(11)4-7(2)9(6)12-5-10/h3-4H,11H2,1-2H3. The molecule has 1 aromatic rings. The summed E-state index contributed by atoms with van der Waals surface area (Å²) in [4.78, 5) is 1.02. The van der Waals surface area contributed by atoms with Gasteiger partial charge in [-0.05, 0) is 48.9 Å². The van der Waals surface area contributed by atoms with E-state index in [4.69, 9.17) is 11.0 Å². The molecule has 2 N–H and O–H groups in total. The van der Waals surface area contributed by atoms with Gasteiger partial charge >= 0.3 is 0 Å². The zero-order valence-corrected chi connectivity index (χ0v) is 7.90. The van der Waals surface area contributed by atoms with E-state index in [9.17, 15) is 0 Å². The van der Waals surface area contributed by atoms with Crippen LogP contribution in [0.4, 0.5) is 5.69 Å². The maximum Gasteiger partial charge on any atom is 0.138 e. The van der Waals surface area contributed by atoms with E-state index in [1.54, 1.807) is 0 Å². The van der Waals surface area contributed by atoms with Gasteiger partial charge in [-0.2, -0.15) is 5.26 Å². The monoisotopic (exact) mass is 178 g/mol. The molecule has 0 spiro atoms. The largest absolute Gasteiger partial charge is 0.399 e. The Morgan fingerprint density at radius 3 is 2.25 bits per heavy atom. The maximum absolute atomic E-state index is 8.52. The van der Waals surface area contributed by atoms with Crippen molar-refractivity contribution in [3.63, 3.8) is 0 Å². The van der Waals surface area contributed by atoms with Crippen LogP contribution in [0.2, 0.25) is 0 Å². The average Bonchev–Trinajstić information content (AvgIpc) is 1.96. The van der Waals surface area contributed by atoms with E-state index in [1.165, 1.54) is 11.8 Å². The summed E-state index contributed by atoms with van der Waals surface area (Å²) in [5, 5.41) is 10.6. The second kappa shape index (κ2) is 3.51. The van der Waals surface area contributed by atoms with Crippen LogP contribution in [0, 0.1) is 24.5 Å². The van der Waals surface area contributed by atoms with Crippen LogP contribution in [-0.4, -0.2) is 0 Å². The van der Waals surface area contributed by atoms with Crippen molar-refractivity contribution in [2.75, 3.05) is 5.73 Å². The smallest absolute Gasteiger partial charge is 0.138 e. The van der Waals surface area contributed by atoms with E-state index in [2.05, 4.69) is 5.40 Å². The fraction of sp³-hybridized carbons (Fsp3) is 0.222. The predicted octanol–water partition coefficient (Wildman–Crippen LogP) is 2.46. The number of nitrogens with two attached hydrogens (primary N) is 1. The first-order valence-electron chi connectivity index (χ1n) is 3.58. The highest BCUT2D eigenvalue weighted by atomic mass is 32.2. The van der Waals surface area contributed by atoms with Gasteiger partial charge in [0, 0.05) is 10.6 Å². The summed E-state index contributed by atoms with van der Waals surface area (Å²) in [5.41, 5.74) is 8.53. The highest BCUT2D eigenvalue weighted by Gasteiger charge is 2.03. The Balaban J connectivity index is 3.21. The lowest BCUT2D eigenvalue weighted by Gasteiger charge is -2.05. The Kier molecular flexibility index (Phi) is 2.61. The Morgan fingerprint density at radius 1 is 1.33 bits per heavy atom. The minimum absolute atomic E-state index is 0.757. The number of hydrogen-bond acceptors (Lipinski definition) is 3. The zero-order chi connectivity index (χ0) is 9.14. The normalized spacial score (nSPS) is 9.42. The lowest BCUT2D eigenvalue weighted by Crippen LogP contribution is -1.90. The maximum atomic E-state index is 8.52. The number of nitrogens with zero attached hydrogens (tertiary/aromatic N) is 1. The molecule has 0 aromatic heterocycles. The Hall–Kier alpha value is -1.14. The fourth-order valence-corrected chi connectivity index (χ4v) is 1.72. The number of hydrogen-bond donors (Lipinski definition) is 1. The number of thioether (sulfide) groups is 1. The van der Waals surface area contributed by atoms with Crippen LogP contribution in [0.25, 0.3) is 0 Å². The summed E-state index contributed by atoms with van der Waals surface area (Å²) in [6, 6.07) is 3.76. The van der Waals surface area contributed by atoms with E-state index in [1.807, 2.05) is 26.0 Å². The molecule has 0 atom stereocenters. The number of benzene rings is 1. The van der Waals surface area contributed by atoms with Crippen LogP contribution in [0.5, 0.6) is 0 Å². The topological polar surface area (TPSA) is 49.8 Å². The van der Waals surface area contributed by atoms with Crippen molar-refractivity contribution in [3.8, 4) is 5.40 Å². The fourth-order valence-electron chi connectivity index (χ4n) is 1.19.